The van der Waals surface area contributed by atoms with E-state index in [1.807, 2.05) is 18.2 Å². The van der Waals surface area contributed by atoms with Crippen LogP contribution in [0.3, 0.4) is 0 Å². The lowest BCUT2D eigenvalue weighted by molar-refractivity contribution is -0.121. The lowest BCUT2D eigenvalue weighted by Crippen LogP contribution is -2.23. The maximum atomic E-state index is 12.0. The number of unbranched alkanes of at least 4 members (excludes halogenated alkanes) is 4. The number of hydrogen-bond acceptors (Lipinski definition) is 2. The number of carbonyl (C=O) groups is 2. The third-order valence-corrected chi connectivity index (χ3v) is 4.45. The molecular weight excluding hydrogens is 322 g/mol. The van der Waals surface area contributed by atoms with E-state index in [-0.39, 0.29) is 17.6 Å². The molecule has 0 radical (unpaired) electrons. The quantitative estimate of drug-likeness (QED) is 0.271. The molecule has 1 rings (SSSR count). The highest BCUT2D eigenvalue weighted by molar-refractivity contribution is 6.07. The van der Waals surface area contributed by atoms with E-state index < -0.39 is 0 Å². The van der Waals surface area contributed by atoms with Gasteiger partial charge in [0.05, 0.1) is 0 Å². The molecule has 1 unspecified atom stereocenters. The third-order valence-electron chi connectivity index (χ3n) is 4.45. The average molecular weight is 358 g/mol. The molecule has 1 aliphatic rings. The number of carbonyl (C=O) groups excluding carboxylic acids is 2. The van der Waals surface area contributed by atoms with Gasteiger partial charge >= 0.3 is 0 Å². The highest BCUT2D eigenvalue weighted by Crippen LogP contribution is 2.25. The molecule has 0 saturated heterocycles. The zero-order chi connectivity index (χ0) is 19.0. The van der Waals surface area contributed by atoms with Crippen LogP contribution in [-0.4, -0.2) is 18.2 Å². The number of amides is 1. The van der Waals surface area contributed by atoms with Gasteiger partial charge in [-0.25, -0.2) is 0 Å². The predicted octanol–water partition coefficient (Wildman–Crippen LogP) is 5.45. The van der Waals surface area contributed by atoms with Crippen molar-refractivity contribution in [2.24, 2.45) is 5.92 Å². The Labute approximate surface area is 159 Å². The molecule has 0 spiro atoms. The first kappa shape index (κ1) is 22.1. The van der Waals surface area contributed by atoms with Crippen LogP contribution in [0.2, 0.25) is 0 Å². The van der Waals surface area contributed by atoms with Crippen LogP contribution in [0.25, 0.3) is 0 Å². The molecule has 0 aromatic heterocycles. The highest BCUT2D eigenvalue weighted by Gasteiger charge is 2.20. The Morgan fingerprint density at radius 2 is 1.88 bits per heavy atom. The molecule has 1 amide bonds. The van der Waals surface area contributed by atoms with Crippen LogP contribution in [0.1, 0.15) is 71.6 Å². The lowest BCUT2D eigenvalue weighted by atomic mass is 9.97. The molecule has 0 fully saturated rings. The van der Waals surface area contributed by atoms with Crippen LogP contribution in [0, 0.1) is 5.92 Å². The Kier molecular flexibility index (Phi) is 12.2. The van der Waals surface area contributed by atoms with Crippen molar-refractivity contribution in [2.75, 3.05) is 6.54 Å². The van der Waals surface area contributed by atoms with Gasteiger partial charge in [-0.15, -0.1) is 0 Å². The lowest BCUT2D eigenvalue weighted by Gasteiger charge is -2.06. The standard InChI is InChI=1S/C23H35NO2/c1-3-5-6-7-8-12-15-21-20(17-18-22(21)25)14-11-9-10-13-16-23(26)24-19-4-2/h8-9,11-12,15,17-18,20H,3-7,10,13-14,16,19H2,1-2H3,(H,24,26)/b11-9+,12-8+,21-15+. The van der Waals surface area contributed by atoms with E-state index >= 15 is 0 Å². The van der Waals surface area contributed by atoms with Crippen LogP contribution < -0.4 is 5.32 Å². The molecule has 3 heteroatoms. The van der Waals surface area contributed by atoms with Gasteiger partial charge in [0.2, 0.25) is 5.91 Å². The van der Waals surface area contributed by atoms with Gasteiger partial charge in [-0.3, -0.25) is 9.59 Å². The molecule has 0 bridgehead atoms. The molecule has 0 heterocycles. The second-order valence-electron chi connectivity index (χ2n) is 6.83. The Hall–Kier alpha value is -1.90. The van der Waals surface area contributed by atoms with Gasteiger partial charge in [-0.2, -0.15) is 0 Å². The summed E-state index contributed by atoms with van der Waals surface area (Å²) in [6.45, 7) is 5.02. The van der Waals surface area contributed by atoms with Crippen molar-refractivity contribution < 1.29 is 9.59 Å². The summed E-state index contributed by atoms with van der Waals surface area (Å²) in [6.07, 6.45) is 23.1. The molecule has 144 valence electrons. The van der Waals surface area contributed by atoms with Crippen molar-refractivity contribution in [3.63, 3.8) is 0 Å². The van der Waals surface area contributed by atoms with Crippen molar-refractivity contribution in [1.82, 2.24) is 5.32 Å². The first-order valence-electron chi connectivity index (χ1n) is 10.2. The van der Waals surface area contributed by atoms with Gasteiger partial charge < -0.3 is 5.32 Å². The Morgan fingerprint density at radius 1 is 1.08 bits per heavy atom. The van der Waals surface area contributed by atoms with Crippen molar-refractivity contribution >= 4 is 11.7 Å². The van der Waals surface area contributed by atoms with Crippen LogP contribution >= 0.6 is 0 Å². The molecule has 3 nitrogen and oxygen atoms in total. The Balaban J connectivity index is 2.30. The van der Waals surface area contributed by atoms with E-state index in [1.54, 1.807) is 6.08 Å². The number of allylic oxidation sites excluding steroid dienone is 8. The van der Waals surface area contributed by atoms with Crippen LogP contribution in [0.15, 0.2) is 48.1 Å². The number of nitrogens with one attached hydrogen (secondary N) is 1. The van der Waals surface area contributed by atoms with Gasteiger partial charge in [-0.1, -0.05) is 63.1 Å². The first-order chi connectivity index (χ1) is 12.7. The van der Waals surface area contributed by atoms with Gasteiger partial charge in [-0.05, 0) is 44.6 Å². The summed E-state index contributed by atoms with van der Waals surface area (Å²) in [5, 5.41) is 2.89. The molecule has 0 saturated carbocycles. The summed E-state index contributed by atoms with van der Waals surface area (Å²) in [6, 6.07) is 0. The van der Waals surface area contributed by atoms with Gasteiger partial charge in [0, 0.05) is 24.5 Å². The van der Waals surface area contributed by atoms with Gasteiger partial charge in [0.1, 0.15) is 0 Å². The van der Waals surface area contributed by atoms with Crippen molar-refractivity contribution in [3.8, 4) is 0 Å². The van der Waals surface area contributed by atoms with Crippen LogP contribution in [0.5, 0.6) is 0 Å². The Morgan fingerprint density at radius 3 is 2.65 bits per heavy atom. The molecule has 0 aliphatic heterocycles. The van der Waals surface area contributed by atoms with E-state index in [0.29, 0.717) is 6.42 Å². The fourth-order valence-corrected chi connectivity index (χ4v) is 2.87. The predicted molar refractivity (Wildman–Crippen MR) is 110 cm³/mol. The summed E-state index contributed by atoms with van der Waals surface area (Å²) >= 11 is 0. The van der Waals surface area contributed by atoms with Gasteiger partial charge in [0.15, 0.2) is 5.78 Å². The normalized spacial score (nSPS) is 18.6. The largest absolute Gasteiger partial charge is 0.356 e. The van der Waals surface area contributed by atoms with E-state index in [0.717, 1.165) is 44.2 Å². The monoisotopic (exact) mass is 357 g/mol. The number of rotatable bonds is 13. The maximum Gasteiger partial charge on any atom is 0.220 e. The smallest absolute Gasteiger partial charge is 0.220 e. The molecule has 0 aromatic carbocycles. The van der Waals surface area contributed by atoms with E-state index in [4.69, 9.17) is 0 Å². The summed E-state index contributed by atoms with van der Waals surface area (Å²) < 4.78 is 0. The van der Waals surface area contributed by atoms with Crippen molar-refractivity contribution in [1.29, 1.82) is 0 Å². The van der Waals surface area contributed by atoms with E-state index in [9.17, 15) is 9.59 Å². The van der Waals surface area contributed by atoms with E-state index in [2.05, 4.69) is 37.4 Å². The molecule has 1 N–H and O–H groups in total. The second kappa shape index (κ2) is 14.3. The van der Waals surface area contributed by atoms with E-state index in [1.165, 1.54) is 19.3 Å². The third kappa shape index (κ3) is 9.55. The van der Waals surface area contributed by atoms with Crippen molar-refractivity contribution in [3.05, 3.63) is 48.1 Å². The second-order valence-corrected chi connectivity index (χ2v) is 6.83. The zero-order valence-corrected chi connectivity index (χ0v) is 16.5. The first-order valence-corrected chi connectivity index (χ1v) is 10.2. The van der Waals surface area contributed by atoms with Crippen LogP contribution in [-0.2, 0) is 9.59 Å². The number of ketones is 1. The summed E-state index contributed by atoms with van der Waals surface area (Å²) in [5.41, 5.74) is 0.889. The number of hydrogen-bond donors (Lipinski definition) is 1. The topological polar surface area (TPSA) is 46.2 Å². The minimum absolute atomic E-state index is 0.134. The Bertz CT molecular complexity index is 540. The fourth-order valence-electron chi connectivity index (χ4n) is 2.87. The summed E-state index contributed by atoms with van der Waals surface area (Å²) in [7, 11) is 0. The summed E-state index contributed by atoms with van der Waals surface area (Å²) in [4.78, 5) is 23.5. The fraction of sp³-hybridized carbons (Fsp3) is 0.565. The SMILES string of the molecule is CCCCC/C=C/C=C1/C(=O)C=CC1C/C=C/CCCC(=O)NCCC. The minimum Gasteiger partial charge on any atom is -0.356 e. The van der Waals surface area contributed by atoms with Crippen molar-refractivity contribution in [2.45, 2.75) is 71.6 Å². The molecule has 0 aromatic rings. The molecular formula is C23H35NO2. The zero-order valence-electron chi connectivity index (χ0n) is 16.5. The molecule has 1 atom stereocenters. The average Bonchev–Trinajstić information content (AvgIpc) is 2.99. The molecule has 26 heavy (non-hydrogen) atoms. The summed E-state index contributed by atoms with van der Waals surface area (Å²) in [5.74, 6) is 0.460. The molecule has 1 aliphatic carbocycles. The highest BCUT2D eigenvalue weighted by atomic mass is 16.1. The van der Waals surface area contributed by atoms with Gasteiger partial charge in [0.25, 0.3) is 0 Å². The van der Waals surface area contributed by atoms with Crippen LogP contribution in [0.4, 0.5) is 0 Å². The maximum absolute atomic E-state index is 12.0. The minimum atomic E-state index is 0.134.